The van der Waals surface area contributed by atoms with Crippen LogP contribution in [0.15, 0.2) is 36.5 Å². The summed E-state index contributed by atoms with van der Waals surface area (Å²) in [4.78, 5) is 4.27. The van der Waals surface area contributed by atoms with Crippen LogP contribution in [0.25, 0.3) is 22.2 Å². The van der Waals surface area contributed by atoms with Crippen molar-refractivity contribution < 1.29 is 4.74 Å². The van der Waals surface area contributed by atoms with Crippen LogP contribution in [0.5, 0.6) is 0 Å². The maximum absolute atomic E-state index is 5.89. The van der Waals surface area contributed by atoms with E-state index in [1.165, 1.54) is 25.7 Å². The quantitative estimate of drug-likeness (QED) is 0.638. The first-order chi connectivity index (χ1) is 11.7. The number of nitrogens with one attached hydrogen (secondary N) is 1. The molecule has 1 aromatic carbocycles. The number of pyridine rings is 1. The van der Waals surface area contributed by atoms with Gasteiger partial charge in [-0.15, -0.1) is 0 Å². The molecule has 0 saturated carbocycles. The van der Waals surface area contributed by atoms with Gasteiger partial charge in [-0.1, -0.05) is 12.1 Å². The van der Waals surface area contributed by atoms with Gasteiger partial charge >= 0.3 is 0 Å². The molecule has 2 aromatic heterocycles. The number of aromatic nitrogens is 3. The summed E-state index contributed by atoms with van der Waals surface area (Å²) in [5.74, 6) is 0.428. The Morgan fingerprint density at radius 1 is 1.00 bits per heavy atom. The molecule has 2 aliphatic heterocycles. The summed E-state index contributed by atoms with van der Waals surface area (Å²) in [6, 6.07) is 9.42. The topological polar surface area (TPSA) is 103 Å². The van der Waals surface area contributed by atoms with Crippen LogP contribution >= 0.6 is 0 Å². The van der Waals surface area contributed by atoms with Crippen LogP contribution in [0.1, 0.15) is 25.7 Å². The van der Waals surface area contributed by atoms with Crippen LogP contribution in [0, 0.1) is 0 Å². The minimum atomic E-state index is 0.428. The molecule has 124 valence electrons. The van der Waals surface area contributed by atoms with Crippen LogP contribution in [0.4, 0.5) is 11.5 Å². The monoisotopic (exact) mass is 323 g/mol. The standard InChI is InChI=1S/C12H11N5.C6H10O/c13-9-6-12(14)16-11-5-7(1-2-8(9)11)10-3-4-15-17-10;1-2-6-4-3-5(1)7-6/h1-6H,(H,15,17)(H4,13,14,16);5-6H,1-4H2. The lowest BCUT2D eigenvalue weighted by atomic mass is 10.0. The Bertz CT molecular complexity index is 828. The molecule has 6 heteroatoms. The zero-order chi connectivity index (χ0) is 16.5. The van der Waals surface area contributed by atoms with Gasteiger partial charge in [0.25, 0.3) is 0 Å². The lowest BCUT2D eigenvalue weighted by Gasteiger charge is -2.05. The summed E-state index contributed by atoms with van der Waals surface area (Å²) < 4.78 is 5.47. The van der Waals surface area contributed by atoms with Gasteiger partial charge in [-0.05, 0) is 37.8 Å². The Hall–Kier alpha value is -2.60. The molecule has 0 spiro atoms. The second-order valence-electron chi connectivity index (χ2n) is 6.37. The van der Waals surface area contributed by atoms with Gasteiger partial charge in [0.2, 0.25) is 0 Å². The number of hydrogen-bond acceptors (Lipinski definition) is 5. The number of nitrogen functional groups attached to an aromatic ring is 2. The summed E-state index contributed by atoms with van der Waals surface area (Å²) >= 11 is 0. The molecule has 2 aliphatic rings. The molecular formula is C18H21N5O. The van der Waals surface area contributed by atoms with Gasteiger partial charge in [-0.2, -0.15) is 5.10 Å². The molecule has 0 radical (unpaired) electrons. The summed E-state index contributed by atoms with van der Waals surface area (Å²) in [6.07, 6.45) is 8.40. The van der Waals surface area contributed by atoms with Crippen LogP contribution in [0.3, 0.4) is 0 Å². The summed E-state index contributed by atoms with van der Waals surface area (Å²) in [5, 5.41) is 7.73. The fourth-order valence-corrected chi connectivity index (χ4v) is 3.44. The van der Waals surface area contributed by atoms with E-state index in [2.05, 4.69) is 15.2 Å². The molecule has 0 atom stereocenters. The number of hydrogen-bond donors (Lipinski definition) is 3. The maximum Gasteiger partial charge on any atom is 0.126 e. The van der Waals surface area contributed by atoms with Gasteiger partial charge in [-0.3, -0.25) is 5.10 Å². The second-order valence-corrected chi connectivity index (χ2v) is 6.37. The van der Waals surface area contributed by atoms with Crippen molar-refractivity contribution in [1.82, 2.24) is 15.2 Å². The minimum absolute atomic E-state index is 0.428. The zero-order valence-electron chi connectivity index (χ0n) is 13.4. The number of anilines is 2. The zero-order valence-corrected chi connectivity index (χ0v) is 13.4. The largest absolute Gasteiger partial charge is 0.398 e. The van der Waals surface area contributed by atoms with E-state index in [0.29, 0.717) is 23.7 Å². The van der Waals surface area contributed by atoms with Gasteiger partial charge in [-0.25, -0.2) is 4.98 Å². The first kappa shape index (κ1) is 15.0. The number of H-pyrrole nitrogens is 1. The number of aromatic amines is 1. The Morgan fingerprint density at radius 2 is 1.75 bits per heavy atom. The van der Waals surface area contributed by atoms with Crippen LogP contribution in [-0.2, 0) is 4.74 Å². The summed E-state index contributed by atoms with van der Waals surface area (Å²) in [5.41, 5.74) is 14.9. The highest BCUT2D eigenvalue weighted by Crippen LogP contribution is 2.33. The number of nitrogens with two attached hydrogens (primary N) is 2. The SMILES string of the molecule is C1CC2CCC1O2.Nc1cc(N)c2ccc(-c3ccn[nH]3)cc2n1. The lowest BCUT2D eigenvalue weighted by molar-refractivity contribution is 0.105. The average molecular weight is 323 g/mol. The predicted octanol–water partition coefficient (Wildman–Crippen LogP) is 3.12. The number of benzene rings is 1. The molecule has 3 aromatic rings. The van der Waals surface area contributed by atoms with E-state index >= 15 is 0 Å². The highest BCUT2D eigenvalue weighted by molar-refractivity contribution is 5.93. The number of nitrogens with zero attached hydrogens (tertiary/aromatic N) is 2. The van der Waals surface area contributed by atoms with Crippen LogP contribution in [-0.4, -0.2) is 27.4 Å². The van der Waals surface area contributed by atoms with Gasteiger partial charge in [0.15, 0.2) is 0 Å². The molecule has 0 amide bonds. The fourth-order valence-electron chi connectivity index (χ4n) is 3.44. The third-order valence-electron chi connectivity index (χ3n) is 4.68. The van der Waals surface area contributed by atoms with Crippen molar-refractivity contribution in [1.29, 1.82) is 0 Å². The molecule has 24 heavy (non-hydrogen) atoms. The molecule has 5 rings (SSSR count). The van der Waals surface area contributed by atoms with Crippen LogP contribution < -0.4 is 11.5 Å². The smallest absolute Gasteiger partial charge is 0.126 e. The van der Waals surface area contributed by atoms with Crippen molar-refractivity contribution >= 4 is 22.4 Å². The molecule has 0 aliphatic carbocycles. The minimum Gasteiger partial charge on any atom is -0.398 e. The Morgan fingerprint density at radius 3 is 2.33 bits per heavy atom. The molecular weight excluding hydrogens is 302 g/mol. The van der Waals surface area contributed by atoms with Crippen molar-refractivity contribution in [2.75, 3.05) is 11.5 Å². The summed E-state index contributed by atoms with van der Waals surface area (Å²) in [7, 11) is 0. The number of ether oxygens (including phenoxy) is 1. The van der Waals surface area contributed by atoms with Gasteiger partial charge in [0, 0.05) is 28.9 Å². The average Bonchev–Trinajstić information content (AvgIpc) is 3.33. The number of rotatable bonds is 1. The molecule has 0 unspecified atom stereocenters. The van der Waals surface area contributed by atoms with Crippen molar-refractivity contribution in [3.8, 4) is 11.3 Å². The van der Waals surface area contributed by atoms with Crippen LogP contribution in [0.2, 0.25) is 0 Å². The van der Waals surface area contributed by atoms with Gasteiger partial charge in [0.1, 0.15) is 5.82 Å². The van der Waals surface area contributed by atoms with Crippen molar-refractivity contribution in [3.63, 3.8) is 0 Å². The first-order valence-corrected chi connectivity index (χ1v) is 8.30. The van der Waals surface area contributed by atoms with E-state index in [1.807, 2.05) is 24.3 Å². The number of fused-ring (bicyclic) bond motifs is 3. The van der Waals surface area contributed by atoms with Crippen molar-refractivity contribution in [2.45, 2.75) is 37.9 Å². The predicted molar refractivity (Wildman–Crippen MR) is 95.3 cm³/mol. The lowest BCUT2D eigenvalue weighted by Crippen LogP contribution is -1.98. The Labute approximate surface area is 140 Å². The normalized spacial score (nSPS) is 21.7. The van der Waals surface area contributed by atoms with Crippen molar-refractivity contribution in [2.24, 2.45) is 0 Å². The summed E-state index contributed by atoms with van der Waals surface area (Å²) in [6.45, 7) is 0. The Balaban J connectivity index is 0.000000172. The van der Waals surface area contributed by atoms with Crippen molar-refractivity contribution in [3.05, 3.63) is 36.5 Å². The second kappa shape index (κ2) is 6.13. The van der Waals surface area contributed by atoms with Gasteiger partial charge in [0.05, 0.1) is 23.4 Å². The van der Waals surface area contributed by atoms with E-state index < -0.39 is 0 Å². The molecule has 4 heterocycles. The molecule has 2 bridgehead atoms. The molecule has 2 saturated heterocycles. The van der Waals surface area contributed by atoms with E-state index in [4.69, 9.17) is 16.2 Å². The third-order valence-corrected chi connectivity index (χ3v) is 4.68. The van der Waals surface area contributed by atoms with E-state index in [9.17, 15) is 0 Å². The highest BCUT2D eigenvalue weighted by atomic mass is 16.5. The molecule has 5 N–H and O–H groups in total. The van der Waals surface area contributed by atoms with E-state index in [0.717, 1.165) is 22.2 Å². The van der Waals surface area contributed by atoms with E-state index in [1.54, 1.807) is 12.3 Å². The Kier molecular flexibility index (Phi) is 3.82. The first-order valence-electron chi connectivity index (χ1n) is 8.30. The fraction of sp³-hybridized carbons (Fsp3) is 0.333. The molecule has 2 fully saturated rings. The maximum atomic E-state index is 5.89. The van der Waals surface area contributed by atoms with E-state index in [-0.39, 0.29) is 0 Å². The third kappa shape index (κ3) is 2.92. The molecule has 6 nitrogen and oxygen atoms in total. The highest BCUT2D eigenvalue weighted by Gasteiger charge is 2.31. The van der Waals surface area contributed by atoms with Gasteiger partial charge < -0.3 is 16.2 Å².